The Morgan fingerprint density at radius 1 is 1.10 bits per heavy atom. The van der Waals surface area contributed by atoms with E-state index in [1.165, 1.54) is 0 Å². The van der Waals surface area contributed by atoms with Crippen molar-refractivity contribution >= 4 is 49.7 Å². The van der Waals surface area contributed by atoms with Gasteiger partial charge in [-0.1, -0.05) is 0 Å². The number of hydrogen-bond acceptors (Lipinski definition) is 5. The van der Waals surface area contributed by atoms with Crippen molar-refractivity contribution < 1.29 is 24.5 Å². The zero-order chi connectivity index (χ0) is 7.28. The molecule has 0 N–H and O–H groups in total. The van der Waals surface area contributed by atoms with Crippen molar-refractivity contribution in [2.75, 3.05) is 13.2 Å². The molecule has 10 heavy (non-hydrogen) atoms. The van der Waals surface area contributed by atoms with Crippen LogP contribution in [0, 0.1) is 0 Å². The molecule has 0 spiro atoms. The van der Waals surface area contributed by atoms with E-state index in [0.717, 1.165) is 0 Å². The third-order valence-corrected chi connectivity index (χ3v) is 0.440. The van der Waals surface area contributed by atoms with Gasteiger partial charge in [-0.05, 0) is 0 Å². The topological polar surface area (TPSA) is 89.5 Å². The Hall–Kier alpha value is 0.160. The fraction of sp³-hybridized carbons (Fsp3) is 0.500. The van der Waals surface area contributed by atoms with Crippen molar-refractivity contribution in [2.45, 2.75) is 0 Å². The van der Waals surface area contributed by atoms with Gasteiger partial charge in [0.2, 0.25) is 0 Å². The van der Waals surface area contributed by atoms with Crippen LogP contribution in [0.4, 0.5) is 0 Å². The van der Waals surface area contributed by atoms with Gasteiger partial charge in [0.15, 0.2) is 0 Å². The van der Waals surface area contributed by atoms with Crippen molar-refractivity contribution in [3.8, 4) is 0 Å². The first kappa shape index (κ1) is 12.8. The van der Waals surface area contributed by atoms with Crippen molar-refractivity contribution in [3.63, 3.8) is 0 Å². The Labute approximate surface area is 87.0 Å². The molecule has 0 amide bonds. The molecule has 0 aliphatic carbocycles. The van der Waals surface area contributed by atoms with E-state index in [-0.39, 0.29) is 37.7 Å². The number of rotatable bonds is 4. The summed E-state index contributed by atoms with van der Waals surface area (Å²) in [5.74, 6) is -2.90. The SMILES string of the molecule is O=C([O-])COCC(=O)[O-].[Ca+2]. The standard InChI is InChI=1S/C4H6O5.Ca/c5-3(6)1-9-2-4(7)8;/h1-2H2,(H,5,6)(H,7,8);/q;+2/p-2. The molecule has 0 unspecified atom stereocenters. The molecule has 0 aromatic rings. The molecule has 6 heteroatoms. The molecule has 52 valence electrons. The normalized spacial score (nSPS) is 8.00. The fourth-order valence-corrected chi connectivity index (χ4v) is 0.218. The van der Waals surface area contributed by atoms with Gasteiger partial charge in [0.05, 0.1) is 25.2 Å². The first-order valence-electron chi connectivity index (χ1n) is 2.10. The molecule has 0 aromatic carbocycles. The van der Waals surface area contributed by atoms with Gasteiger partial charge < -0.3 is 24.5 Å². The molecular formula is C4H4CaO5. The minimum absolute atomic E-state index is 0. The van der Waals surface area contributed by atoms with E-state index in [2.05, 4.69) is 4.74 Å². The summed E-state index contributed by atoms with van der Waals surface area (Å²) in [6.45, 7) is -1.43. The zero-order valence-corrected chi connectivity index (χ0v) is 7.37. The van der Waals surface area contributed by atoms with Gasteiger partial charge in [0.1, 0.15) is 0 Å². The number of carbonyl (C=O) groups excluding carboxylic acids is 2. The number of carboxylic acids is 2. The molecular weight excluding hydrogens is 168 g/mol. The predicted octanol–water partition coefficient (Wildman–Crippen LogP) is -3.88. The first-order valence-corrected chi connectivity index (χ1v) is 2.10. The van der Waals surface area contributed by atoms with E-state index in [1.807, 2.05) is 0 Å². The summed E-state index contributed by atoms with van der Waals surface area (Å²) in [4.78, 5) is 19.1. The minimum Gasteiger partial charge on any atom is -0.548 e. The minimum atomic E-state index is -1.45. The average molecular weight is 172 g/mol. The maximum atomic E-state index is 9.53. The second-order valence-corrected chi connectivity index (χ2v) is 1.24. The van der Waals surface area contributed by atoms with Crippen molar-refractivity contribution in [3.05, 3.63) is 0 Å². The van der Waals surface area contributed by atoms with Crippen LogP contribution in [0.5, 0.6) is 0 Å². The summed E-state index contributed by atoms with van der Waals surface area (Å²) in [6, 6.07) is 0. The van der Waals surface area contributed by atoms with Crippen LogP contribution >= 0.6 is 0 Å². The molecule has 0 saturated carbocycles. The molecule has 0 saturated heterocycles. The van der Waals surface area contributed by atoms with Gasteiger partial charge in [-0.15, -0.1) is 0 Å². The summed E-state index contributed by atoms with van der Waals surface area (Å²) in [5.41, 5.74) is 0. The Kier molecular flexibility index (Phi) is 9.31. The van der Waals surface area contributed by atoms with E-state index >= 15 is 0 Å². The van der Waals surface area contributed by atoms with Crippen molar-refractivity contribution in [2.24, 2.45) is 0 Å². The van der Waals surface area contributed by atoms with Gasteiger partial charge in [0.25, 0.3) is 0 Å². The summed E-state index contributed by atoms with van der Waals surface area (Å²) in [7, 11) is 0. The van der Waals surface area contributed by atoms with Crippen LogP contribution in [0.1, 0.15) is 0 Å². The summed E-state index contributed by atoms with van der Waals surface area (Å²) in [5, 5.41) is 19.1. The predicted molar refractivity (Wildman–Crippen MR) is 26.6 cm³/mol. The van der Waals surface area contributed by atoms with Crippen LogP contribution in [0.2, 0.25) is 0 Å². The maximum absolute atomic E-state index is 9.53. The summed E-state index contributed by atoms with van der Waals surface area (Å²) < 4.78 is 4.03. The second kappa shape index (κ2) is 7.27. The van der Waals surface area contributed by atoms with Gasteiger partial charge in [-0.25, -0.2) is 0 Å². The molecule has 0 aliphatic heterocycles. The Morgan fingerprint density at radius 2 is 1.40 bits per heavy atom. The fourth-order valence-electron chi connectivity index (χ4n) is 0.218. The number of carbonyl (C=O) groups is 2. The van der Waals surface area contributed by atoms with Crippen molar-refractivity contribution in [1.82, 2.24) is 0 Å². The van der Waals surface area contributed by atoms with Crippen LogP contribution in [-0.4, -0.2) is 62.9 Å². The zero-order valence-electron chi connectivity index (χ0n) is 5.16. The third kappa shape index (κ3) is 11.0. The van der Waals surface area contributed by atoms with Crippen LogP contribution in [0.15, 0.2) is 0 Å². The smallest absolute Gasteiger partial charge is 0.548 e. The number of hydrogen-bond donors (Lipinski definition) is 0. The Balaban J connectivity index is 0. The molecule has 5 nitrogen and oxygen atoms in total. The molecule has 0 bridgehead atoms. The molecule has 0 fully saturated rings. The van der Waals surface area contributed by atoms with Crippen LogP contribution < -0.4 is 10.2 Å². The molecule has 0 radical (unpaired) electrons. The average Bonchev–Trinajstić information content (AvgIpc) is 1.63. The second-order valence-electron chi connectivity index (χ2n) is 1.24. The number of aliphatic carboxylic acids is 2. The molecule has 0 heterocycles. The van der Waals surface area contributed by atoms with E-state index in [4.69, 9.17) is 0 Å². The quantitative estimate of drug-likeness (QED) is 0.404. The largest absolute Gasteiger partial charge is 2.00 e. The van der Waals surface area contributed by atoms with E-state index in [1.54, 1.807) is 0 Å². The van der Waals surface area contributed by atoms with Gasteiger partial charge >= 0.3 is 37.7 Å². The van der Waals surface area contributed by atoms with Gasteiger partial charge in [-0.2, -0.15) is 0 Å². The number of carboxylic acid groups (broad SMARTS) is 2. The maximum Gasteiger partial charge on any atom is 2.00 e. The Morgan fingerprint density at radius 3 is 1.60 bits per heavy atom. The van der Waals surface area contributed by atoms with Crippen LogP contribution in [-0.2, 0) is 14.3 Å². The number of ether oxygens (including phenoxy) is 1. The molecule has 0 rings (SSSR count). The van der Waals surface area contributed by atoms with Crippen LogP contribution in [0.3, 0.4) is 0 Å². The van der Waals surface area contributed by atoms with E-state index < -0.39 is 25.2 Å². The Bertz CT molecular complexity index is 109. The molecule has 0 atom stereocenters. The first-order chi connectivity index (χ1) is 4.13. The van der Waals surface area contributed by atoms with Crippen LogP contribution in [0.25, 0.3) is 0 Å². The van der Waals surface area contributed by atoms with E-state index in [9.17, 15) is 19.8 Å². The summed E-state index contributed by atoms with van der Waals surface area (Å²) in [6.07, 6.45) is 0. The van der Waals surface area contributed by atoms with Gasteiger partial charge in [0, 0.05) is 0 Å². The monoisotopic (exact) mass is 172 g/mol. The van der Waals surface area contributed by atoms with Crippen molar-refractivity contribution in [1.29, 1.82) is 0 Å². The van der Waals surface area contributed by atoms with E-state index in [0.29, 0.717) is 0 Å². The molecule has 0 aromatic heterocycles. The molecule has 0 aliphatic rings. The third-order valence-electron chi connectivity index (χ3n) is 0.440. The van der Waals surface area contributed by atoms with Gasteiger partial charge in [-0.3, -0.25) is 0 Å². The summed E-state index contributed by atoms with van der Waals surface area (Å²) >= 11 is 0.